The molecule has 3 N–H and O–H groups in total. The Hall–Kier alpha value is -2.86. The predicted octanol–water partition coefficient (Wildman–Crippen LogP) is 3.91. The van der Waals surface area contributed by atoms with E-state index >= 15 is 0 Å². The molecule has 0 fully saturated rings. The maximum absolute atomic E-state index is 9.98. The van der Waals surface area contributed by atoms with Crippen LogP contribution in [0.4, 0.5) is 0 Å². The Morgan fingerprint density at radius 1 is 0.750 bits per heavy atom. The van der Waals surface area contributed by atoms with E-state index in [-0.39, 0.29) is 19.4 Å². The first-order valence-corrected chi connectivity index (χ1v) is 9.31. The second-order valence-corrected chi connectivity index (χ2v) is 6.24. The molecule has 152 valence electrons. The molecule has 0 aliphatic rings. The molecule has 0 spiro atoms. The van der Waals surface area contributed by atoms with Gasteiger partial charge in [0.1, 0.15) is 12.4 Å². The zero-order valence-corrected chi connectivity index (χ0v) is 15.9. The van der Waals surface area contributed by atoms with Crippen LogP contribution in [0.1, 0.15) is 43.2 Å². The number of rotatable bonds is 11. The van der Waals surface area contributed by atoms with Gasteiger partial charge in [-0.05, 0) is 42.5 Å². The van der Waals surface area contributed by atoms with Crippen LogP contribution in [-0.4, -0.2) is 33.9 Å². The van der Waals surface area contributed by atoms with Crippen molar-refractivity contribution in [2.75, 3.05) is 6.61 Å². The van der Waals surface area contributed by atoms with E-state index in [1.807, 2.05) is 54.6 Å². The molecule has 0 bridgehead atoms. The zero-order chi connectivity index (χ0) is 20.6. The Morgan fingerprint density at radius 2 is 1.32 bits per heavy atom. The molecule has 6 nitrogen and oxygen atoms in total. The standard InChI is InChI=1S/C15H16O2.C7H12O4/c16-11-10-13-6-8-15(9-7-13)17-12-14-4-2-1-3-5-14;8-6(9)4-2-1-3-5-7(10)11/h1-9,16H,10-12H2;1-5H2,(H,8,9)(H,10,11). The third-order valence-electron chi connectivity index (χ3n) is 3.85. The number of hydrogen-bond donors (Lipinski definition) is 3. The van der Waals surface area contributed by atoms with Crippen LogP contribution in [0.3, 0.4) is 0 Å². The van der Waals surface area contributed by atoms with Gasteiger partial charge >= 0.3 is 11.9 Å². The molecule has 0 atom stereocenters. The highest BCUT2D eigenvalue weighted by molar-refractivity contribution is 5.67. The third-order valence-corrected chi connectivity index (χ3v) is 3.85. The van der Waals surface area contributed by atoms with Crippen molar-refractivity contribution in [3.63, 3.8) is 0 Å². The summed E-state index contributed by atoms with van der Waals surface area (Å²) >= 11 is 0. The molecule has 0 aromatic heterocycles. The second-order valence-electron chi connectivity index (χ2n) is 6.24. The van der Waals surface area contributed by atoms with Crippen molar-refractivity contribution in [2.24, 2.45) is 0 Å². The van der Waals surface area contributed by atoms with Crippen LogP contribution in [0.5, 0.6) is 5.75 Å². The van der Waals surface area contributed by atoms with Gasteiger partial charge in [-0.1, -0.05) is 48.9 Å². The van der Waals surface area contributed by atoms with Gasteiger partial charge in [0.15, 0.2) is 0 Å². The molecule has 2 aromatic rings. The minimum Gasteiger partial charge on any atom is -0.489 e. The van der Waals surface area contributed by atoms with Crippen molar-refractivity contribution in [1.82, 2.24) is 0 Å². The number of aliphatic hydroxyl groups is 1. The SMILES string of the molecule is O=C(O)CCCCCC(=O)O.OCCc1ccc(OCc2ccccc2)cc1. The number of hydrogen-bond acceptors (Lipinski definition) is 4. The summed E-state index contributed by atoms with van der Waals surface area (Å²) in [5.74, 6) is -0.781. The summed E-state index contributed by atoms with van der Waals surface area (Å²) in [6.45, 7) is 0.768. The average molecular weight is 388 g/mol. The number of carbonyl (C=O) groups is 2. The first kappa shape index (κ1) is 23.2. The maximum Gasteiger partial charge on any atom is 0.303 e. The molecule has 0 heterocycles. The molecule has 0 aliphatic carbocycles. The van der Waals surface area contributed by atoms with Gasteiger partial charge in [0, 0.05) is 19.4 Å². The van der Waals surface area contributed by atoms with Gasteiger partial charge in [-0.15, -0.1) is 0 Å². The normalized spacial score (nSPS) is 9.89. The zero-order valence-electron chi connectivity index (χ0n) is 15.9. The molecule has 0 unspecified atom stereocenters. The van der Waals surface area contributed by atoms with Crippen molar-refractivity contribution in [1.29, 1.82) is 0 Å². The lowest BCUT2D eigenvalue weighted by Crippen LogP contribution is -1.96. The summed E-state index contributed by atoms with van der Waals surface area (Å²) < 4.78 is 5.66. The fourth-order valence-corrected chi connectivity index (χ4v) is 2.35. The Balaban J connectivity index is 0.000000311. The van der Waals surface area contributed by atoms with Gasteiger partial charge in [0.05, 0.1) is 0 Å². The van der Waals surface area contributed by atoms with Crippen LogP contribution in [0.2, 0.25) is 0 Å². The number of unbranched alkanes of at least 4 members (excludes halogenated alkanes) is 2. The van der Waals surface area contributed by atoms with Crippen LogP contribution in [-0.2, 0) is 22.6 Å². The molecule has 0 saturated carbocycles. The van der Waals surface area contributed by atoms with Gasteiger partial charge < -0.3 is 20.1 Å². The summed E-state index contributed by atoms with van der Waals surface area (Å²) in [5.41, 5.74) is 2.28. The van der Waals surface area contributed by atoms with E-state index in [9.17, 15) is 9.59 Å². The average Bonchev–Trinajstić information content (AvgIpc) is 2.68. The third kappa shape index (κ3) is 11.7. The second kappa shape index (κ2) is 14.2. The number of carboxylic acids is 2. The van der Waals surface area contributed by atoms with Crippen LogP contribution >= 0.6 is 0 Å². The van der Waals surface area contributed by atoms with Crippen LogP contribution in [0.25, 0.3) is 0 Å². The van der Waals surface area contributed by atoms with Crippen molar-refractivity contribution < 1.29 is 29.6 Å². The fraction of sp³-hybridized carbons (Fsp3) is 0.364. The first-order valence-electron chi connectivity index (χ1n) is 9.31. The number of aliphatic carboxylic acids is 2. The highest BCUT2D eigenvalue weighted by Gasteiger charge is 1.99. The molecule has 0 radical (unpaired) electrons. The summed E-state index contributed by atoms with van der Waals surface area (Å²) in [5, 5.41) is 25.2. The van der Waals surface area contributed by atoms with E-state index in [0.717, 1.165) is 16.9 Å². The van der Waals surface area contributed by atoms with E-state index in [1.165, 1.54) is 0 Å². The lowest BCUT2D eigenvalue weighted by atomic mass is 10.1. The van der Waals surface area contributed by atoms with E-state index in [1.54, 1.807) is 0 Å². The maximum atomic E-state index is 9.98. The molecule has 28 heavy (non-hydrogen) atoms. The highest BCUT2D eigenvalue weighted by Crippen LogP contribution is 2.14. The molecule has 0 saturated heterocycles. The molecule has 0 aliphatic heterocycles. The van der Waals surface area contributed by atoms with Crippen LogP contribution in [0.15, 0.2) is 54.6 Å². The molecule has 0 amide bonds. The largest absolute Gasteiger partial charge is 0.489 e. The summed E-state index contributed by atoms with van der Waals surface area (Å²) in [4.78, 5) is 20.0. The molecular weight excluding hydrogens is 360 g/mol. The Labute approximate surface area is 165 Å². The van der Waals surface area contributed by atoms with Gasteiger partial charge in [-0.25, -0.2) is 0 Å². The highest BCUT2D eigenvalue weighted by atomic mass is 16.5. The summed E-state index contributed by atoms with van der Waals surface area (Å²) in [6, 6.07) is 17.9. The fourth-order valence-electron chi connectivity index (χ4n) is 2.35. The lowest BCUT2D eigenvalue weighted by molar-refractivity contribution is -0.137. The lowest BCUT2D eigenvalue weighted by Gasteiger charge is -2.06. The minimum atomic E-state index is -0.819. The van der Waals surface area contributed by atoms with Crippen molar-refractivity contribution in [3.8, 4) is 5.75 Å². The van der Waals surface area contributed by atoms with E-state index < -0.39 is 11.9 Å². The van der Waals surface area contributed by atoms with Gasteiger partial charge in [-0.2, -0.15) is 0 Å². The minimum absolute atomic E-state index is 0.139. The van der Waals surface area contributed by atoms with Crippen molar-refractivity contribution in [2.45, 2.75) is 45.1 Å². The first-order chi connectivity index (χ1) is 13.5. The van der Waals surface area contributed by atoms with Crippen LogP contribution in [0, 0.1) is 0 Å². The molecule has 2 aromatic carbocycles. The Kier molecular flexibility index (Phi) is 11.8. The van der Waals surface area contributed by atoms with Gasteiger partial charge in [0.2, 0.25) is 0 Å². The monoisotopic (exact) mass is 388 g/mol. The van der Waals surface area contributed by atoms with E-state index in [0.29, 0.717) is 32.3 Å². The quantitative estimate of drug-likeness (QED) is 0.504. The van der Waals surface area contributed by atoms with E-state index in [4.69, 9.17) is 20.1 Å². The van der Waals surface area contributed by atoms with Crippen molar-refractivity contribution >= 4 is 11.9 Å². The number of aliphatic hydroxyl groups excluding tert-OH is 1. The predicted molar refractivity (Wildman–Crippen MR) is 106 cm³/mol. The van der Waals surface area contributed by atoms with E-state index in [2.05, 4.69) is 0 Å². The number of benzene rings is 2. The molecule has 2 rings (SSSR count). The topological polar surface area (TPSA) is 104 Å². The summed E-state index contributed by atoms with van der Waals surface area (Å²) in [6.07, 6.45) is 2.79. The molecule has 6 heteroatoms. The van der Waals surface area contributed by atoms with Crippen LogP contribution < -0.4 is 4.74 Å². The smallest absolute Gasteiger partial charge is 0.303 e. The molecular formula is C22H28O6. The summed E-state index contributed by atoms with van der Waals surface area (Å²) in [7, 11) is 0. The number of carboxylic acid groups (broad SMARTS) is 2. The van der Waals surface area contributed by atoms with Gasteiger partial charge in [0.25, 0.3) is 0 Å². The van der Waals surface area contributed by atoms with Gasteiger partial charge in [-0.3, -0.25) is 9.59 Å². The number of ether oxygens (including phenoxy) is 1. The van der Waals surface area contributed by atoms with Crippen molar-refractivity contribution in [3.05, 3.63) is 65.7 Å². The Morgan fingerprint density at radius 3 is 1.82 bits per heavy atom. The Bertz CT molecular complexity index is 666.